The fourth-order valence-electron chi connectivity index (χ4n) is 1.41. The lowest BCUT2D eigenvalue weighted by molar-refractivity contribution is 0.0975. The monoisotopic (exact) mass is 236 g/mol. The van der Waals surface area contributed by atoms with E-state index in [2.05, 4.69) is 10.3 Å². The summed E-state index contributed by atoms with van der Waals surface area (Å²) in [5.74, 6) is 1.33. The first-order valence-electron chi connectivity index (χ1n) is 4.93. The molecule has 0 bridgehead atoms. The third kappa shape index (κ3) is 2.36. The molecular formula is C11H12N2O2S. The SMILES string of the molecule is COc1ccccc1C(=O)NC1=NCCS1. The van der Waals surface area contributed by atoms with Crippen molar-refractivity contribution in [2.75, 3.05) is 19.4 Å². The second kappa shape index (κ2) is 5.03. The number of hydrogen-bond acceptors (Lipinski definition) is 4. The Hall–Kier alpha value is -1.49. The summed E-state index contributed by atoms with van der Waals surface area (Å²) in [6, 6.07) is 7.13. The molecule has 1 heterocycles. The molecule has 1 aromatic carbocycles. The quantitative estimate of drug-likeness (QED) is 0.847. The smallest absolute Gasteiger partial charge is 0.260 e. The van der Waals surface area contributed by atoms with Crippen LogP contribution in [0.3, 0.4) is 0 Å². The Morgan fingerprint density at radius 3 is 3.00 bits per heavy atom. The van der Waals surface area contributed by atoms with Gasteiger partial charge in [-0.1, -0.05) is 23.9 Å². The summed E-state index contributed by atoms with van der Waals surface area (Å²) >= 11 is 1.56. The molecule has 2 rings (SSSR count). The van der Waals surface area contributed by atoms with Gasteiger partial charge >= 0.3 is 0 Å². The minimum atomic E-state index is -0.175. The maximum atomic E-state index is 11.9. The summed E-state index contributed by atoms with van der Waals surface area (Å²) in [6.07, 6.45) is 0. The largest absolute Gasteiger partial charge is 0.496 e. The summed E-state index contributed by atoms with van der Waals surface area (Å²) < 4.78 is 5.12. The molecule has 0 aromatic heterocycles. The number of carbonyl (C=O) groups excluding carboxylic acids is 1. The van der Waals surface area contributed by atoms with Gasteiger partial charge in [-0.3, -0.25) is 9.79 Å². The number of aliphatic imine (C=N–C) groups is 1. The van der Waals surface area contributed by atoms with Crippen LogP contribution < -0.4 is 10.1 Å². The molecule has 5 heteroatoms. The van der Waals surface area contributed by atoms with Gasteiger partial charge in [-0.05, 0) is 12.1 Å². The number of rotatable bonds is 2. The molecule has 84 valence electrons. The van der Waals surface area contributed by atoms with Crippen LogP contribution in [0.15, 0.2) is 29.3 Å². The maximum absolute atomic E-state index is 11.9. The highest BCUT2D eigenvalue weighted by Gasteiger charge is 2.15. The zero-order chi connectivity index (χ0) is 11.4. The molecule has 1 amide bonds. The molecule has 0 aliphatic carbocycles. The maximum Gasteiger partial charge on any atom is 0.260 e. The average molecular weight is 236 g/mol. The summed E-state index contributed by atoms with van der Waals surface area (Å²) in [7, 11) is 1.55. The average Bonchev–Trinajstić information content (AvgIpc) is 2.81. The Kier molecular flexibility index (Phi) is 3.46. The molecule has 0 saturated carbocycles. The number of nitrogens with one attached hydrogen (secondary N) is 1. The predicted molar refractivity (Wildman–Crippen MR) is 65.2 cm³/mol. The van der Waals surface area contributed by atoms with Crippen molar-refractivity contribution in [2.45, 2.75) is 0 Å². The lowest BCUT2D eigenvalue weighted by Crippen LogP contribution is -2.27. The van der Waals surface area contributed by atoms with Crippen LogP contribution in [0.2, 0.25) is 0 Å². The van der Waals surface area contributed by atoms with Crippen LogP contribution >= 0.6 is 11.8 Å². The Balaban J connectivity index is 2.13. The molecule has 1 aromatic rings. The first-order valence-corrected chi connectivity index (χ1v) is 5.91. The second-order valence-electron chi connectivity index (χ2n) is 3.19. The minimum Gasteiger partial charge on any atom is -0.496 e. The van der Waals surface area contributed by atoms with Crippen molar-refractivity contribution < 1.29 is 9.53 Å². The highest BCUT2D eigenvalue weighted by Crippen LogP contribution is 2.18. The number of methoxy groups -OCH3 is 1. The molecule has 0 unspecified atom stereocenters. The van der Waals surface area contributed by atoms with Crippen molar-refractivity contribution in [3.05, 3.63) is 29.8 Å². The van der Waals surface area contributed by atoms with Gasteiger partial charge in [0.2, 0.25) is 0 Å². The number of amidine groups is 1. The molecule has 0 atom stereocenters. The van der Waals surface area contributed by atoms with E-state index in [0.29, 0.717) is 16.5 Å². The highest BCUT2D eigenvalue weighted by molar-refractivity contribution is 8.14. The molecule has 4 nitrogen and oxygen atoms in total. The fraction of sp³-hybridized carbons (Fsp3) is 0.273. The van der Waals surface area contributed by atoms with Crippen LogP contribution in [0.25, 0.3) is 0 Å². The van der Waals surface area contributed by atoms with Gasteiger partial charge in [-0.2, -0.15) is 0 Å². The van der Waals surface area contributed by atoms with Crippen molar-refractivity contribution in [3.8, 4) is 5.75 Å². The van der Waals surface area contributed by atoms with Gasteiger partial charge in [0, 0.05) is 5.75 Å². The van der Waals surface area contributed by atoms with Crippen molar-refractivity contribution >= 4 is 22.8 Å². The Morgan fingerprint density at radius 1 is 1.50 bits per heavy atom. The number of benzene rings is 1. The van der Waals surface area contributed by atoms with Crippen molar-refractivity contribution in [1.29, 1.82) is 0 Å². The number of hydrogen-bond donors (Lipinski definition) is 1. The van der Waals surface area contributed by atoms with Crippen LogP contribution in [0, 0.1) is 0 Å². The van der Waals surface area contributed by atoms with E-state index in [1.807, 2.05) is 6.07 Å². The van der Waals surface area contributed by atoms with Crippen LogP contribution in [0.1, 0.15) is 10.4 Å². The lowest BCUT2D eigenvalue weighted by atomic mass is 10.2. The molecule has 1 aliphatic heterocycles. The van der Waals surface area contributed by atoms with E-state index in [1.54, 1.807) is 37.1 Å². The Bertz CT molecular complexity index is 432. The molecule has 0 fully saturated rings. The van der Waals surface area contributed by atoms with E-state index < -0.39 is 0 Å². The molecule has 16 heavy (non-hydrogen) atoms. The molecule has 1 N–H and O–H groups in total. The van der Waals surface area contributed by atoms with Crippen LogP contribution in [0.5, 0.6) is 5.75 Å². The van der Waals surface area contributed by atoms with Gasteiger partial charge in [0.25, 0.3) is 5.91 Å². The van der Waals surface area contributed by atoms with Gasteiger partial charge in [-0.25, -0.2) is 0 Å². The Labute approximate surface area is 98.1 Å². The zero-order valence-electron chi connectivity index (χ0n) is 8.90. The molecule has 0 radical (unpaired) electrons. The van der Waals surface area contributed by atoms with Crippen molar-refractivity contribution in [3.63, 3.8) is 0 Å². The van der Waals surface area contributed by atoms with Crippen molar-refractivity contribution in [2.24, 2.45) is 4.99 Å². The number of para-hydroxylation sites is 1. The van der Waals surface area contributed by atoms with E-state index in [0.717, 1.165) is 12.3 Å². The fourth-order valence-corrected chi connectivity index (χ4v) is 2.13. The summed E-state index contributed by atoms with van der Waals surface area (Å²) in [4.78, 5) is 16.1. The van der Waals surface area contributed by atoms with E-state index in [4.69, 9.17) is 4.74 Å². The second-order valence-corrected chi connectivity index (χ2v) is 4.27. The third-order valence-corrected chi connectivity index (χ3v) is 3.05. The van der Waals surface area contributed by atoms with Gasteiger partial charge in [0.05, 0.1) is 19.2 Å². The summed E-state index contributed by atoms with van der Waals surface area (Å²) in [5, 5.41) is 3.45. The third-order valence-electron chi connectivity index (χ3n) is 2.16. The number of nitrogens with zero attached hydrogens (tertiary/aromatic N) is 1. The first-order chi connectivity index (χ1) is 7.81. The van der Waals surface area contributed by atoms with E-state index in [-0.39, 0.29) is 5.91 Å². The number of carbonyl (C=O) groups is 1. The van der Waals surface area contributed by atoms with Crippen LogP contribution in [0.4, 0.5) is 0 Å². The van der Waals surface area contributed by atoms with Crippen LogP contribution in [-0.4, -0.2) is 30.5 Å². The minimum absolute atomic E-state index is 0.175. The summed E-state index contributed by atoms with van der Waals surface area (Å²) in [6.45, 7) is 0.770. The van der Waals surface area contributed by atoms with Gasteiger partial charge in [0.15, 0.2) is 5.17 Å². The molecule has 1 aliphatic rings. The number of ether oxygens (including phenoxy) is 1. The summed E-state index contributed by atoms with van der Waals surface area (Å²) in [5.41, 5.74) is 0.528. The highest BCUT2D eigenvalue weighted by atomic mass is 32.2. The van der Waals surface area contributed by atoms with E-state index in [1.165, 1.54) is 0 Å². The van der Waals surface area contributed by atoms with Crippen LogP contribution in [-0.2, 0) is 0 Å². The lowest BCUT2D eigenvalue weighted by Gasteiger charge is -2.08. The van der Waals surface area contributed by atoms with Gasteiger partial charge in [-0.15, -0.1) is 0 Å². The molecule has 0 saturated heterocycles. The molecular weight excluding hydrogens is 224 g/mol. The first kappa shape index (κ1) is 11.0. The van der Waals surface area contributed by atoms with E-state index in [9.17, 15) is 4.79 Å². The number of thioether (sulfide) groups is 1. The van der Waals surface area contributed by atoms with Gasteiger partial charge in [0.1, 0.15) is 5.75 Å². The number of amides is 1. The Morgan fingerprint density at radius 2 is 2.31 bits per heavy atom. The van der Waals surface area contributed by atoms with Crippen molar-refractivity contribution in [1.82, 2.24) is 5.32 Å². The van der Waals surface area contributed by atoms with E-state index >= 15 is 0 Å². The standard InChI is InChI=1S/C11H12N2O2S/c1-15-9-5-3-2-4-8(9)10(14)13-11-12-6-7-16-11/h2-5H,6-7H2,1H3,(H,12,13,14). The molecule has 0 spiro atoms. The normalized spacial score (nSPS) is 14.4. The zero-order valence-corrected chi connectivity index (χ0v) is 9.71. The van der Waals surface area contributed by atoms with Gasteiger partial charge < -0.3 is 10.1 Å². The predicted octanol–water partition coefficient (Wildman–Crippen LogP) is 1.53. The topological polar surface area (TPSA) is 50.7 Å².